The molecule has 0 aliphatic heterocycles. The molecule has 10 heteroatoms. The summed E-state index contributed by atoms with van der Waals surface area (Å²) in [4.78, 5) is 22.2. The number of anilines is 1. The Bertz CT molecular complexity index is 1120. The number of hydrogen-bond donors (Lipinski definition) is 1. The predicted octanol–water partition coefficient (Wildman–Crippen LogP) is 1.90. The molecule has 4 aromatic rings. The second-order valence-electron chi connectivity index (χ2n) is 5.44. The molecule has 4 aromatic heterocycles. The van der Waals surface area contributed by atoms with E-state index in [-0.39, 0.29) is 5.97 Å². The van der Waals surface area contributed by atoms with Gasteiger partial charge >= 0.3 is 5.97 Å². The third-order valence-electron chi connectivity index (χ3n) is 4.02. The number of hydrogen-bond acceptors (Lipinski definition) is 8. The van der Waals surface area contributed by atoms with Crippen LogP contribution in [0.2, 0.25) is 0 Å². The van der Waals surface area contributed by atoms with Crippen molar-refractivity contribution in [2.45, 2.75) is 20.4 Å². The highest BCUT2D eigenvalue weighted by Crippen LogP contribution is 2.33. The van der Waals surface area contributed by atoms with Gasteiger partial charge in [0, 0.05) is 6.54 Å². The molecular formula is C15H15N7O2S. The van der Waals surface area contributed by atoms with E-state index >= 15 is 0 Å². The van der Waals surface area contributed by atoms with Crippen molar-refractivity contribution in [2.75, 3.05) is 12.8 Å². The lowest BCUT2D eigenvalue weighted by Crippen LogP contribution is -2.01. The average molecular weight is 357 g/mol. The Morgan fingerprint density at radius 2 is 2.24 bits per heavy atom. The van der Waals surface area contributed by atoms with Gasteiger partial charge in [0.2, 0.25) is 5.82 Å². The maximum Gasteiger partial charge on any atom is 0.348 e. The third-order valence-corrected chi connectivity index (χ3v) is 5.20. The molecule has 0 aliphatic carbocycles. The van der Waals surface area contributed by atoms with E-state index < -0.39 is 0 Å². The summed E-state index contributed by atoms with van der Waals surface area (Å²) in [5.74, 6) is 0.0862. The number of nitrogens with two attached hydrogens (primary N) is 1. The minimum atomic E-state index is -0.383. The first-order valence-electron chi connectivity index (χ1n) is 7.59. The molecule has 0 amide bonds. The monoisotopic (exact) mass is 357 g/mol. The fraction of sp³-hybridized carbons (Fsp3) is 0.267. The normalized spacial score (nSPS) is 11.5. The van der Waals surface area contributed by atoms with Crippen molar-refractivity contribution in [3.63, 3.8) is 0 Å². The highest BCUT2D eigenvalue weighted by Gasteiger charge is 2.22. The molecule has 0 bridgehead atoms. The summed E-state index contributed by atoms with van der Waals surface area (Å²) in [6, 6.07) is 0. The molecule has 4 rings (SSSR count). The Balaban J connectivity index is 2.00. The number of rotatable bonds is 3. The number of aryl methyl sites for hydroxylation is 2. The summed E-state index contributed by atoms with van der Waals surface area (Å²) >= 11 is 1.28. The zero-order valence-electron chi connectivity index (χ0n) is 13.8. The van der Waals surface area contributed by atoms with Crippen LogP contribution in [0.4, 0.5) is 5.69 Å². The van der Waals surface area contributed by atoms with Crippen molar-refractivity contribution in [1.29, 1.82) is 0 Å². The number of nitrogen functional groups attached to an aromatic ring is 1. The van der Waals surface area contributed by atoms with Gasteiger partial charge in [0.15, 0.2) is 5.65 Å². The summed E-state index contributed by atoms with van der Waals surface area (Å²) in [7, 11) is 1.36. The zero-order valence-corrected chi connectivity index (χ0v) is 14.7. The molecule has 0 unspecified atom stereocenters. The molecule has 0 aromatic carbocycles. The Kier molecular flexibility index (Phi) is 3.42. The standard InChI is InChI=1S/C15H15N7O2S/c1-4-21-10(8(16)5-18-21)12-19-13-9-7(2)11(15(23)24-3)25-14(9)17-6-22(13)20-12/h5-6H,4,16H2,1-3H3. The molecule has 9 nitrogen and oxygen atoms in total. The SMILES string of the molecule is CCn1ncc(N)c1-c1nc2c3c(C)c(C(=O)OC)sc3ncn2n1. The second kappa shape index (κ2) is 5.52. The molecule has 0 radical (unpaired) electrons. The first kappa shape index (κ1) is 15.5. The van der Waals surface area contributed by atoms with Crippen molar-refractivity contribution in [2.24, 2.45) is 0 Å². The molecule has 2 N–H and O–H groups in total. The lowest BCUT2D eigenvalue weighted by molar-refractivity contribution is 0.0605. The number of aromatic nitrogens is 6. The van der Waals surface area contributed by atoms with Crippen LogP contribution < -0.4 is 5.73 Å². The van der Waals surface area contributed by atoms with E-state index in [1.54, 1.807) is 21.7 Å². The molecule has 0 aliphatic rings. The van der Waals surface area contributed by atoms with Gasteiger partial charge in [-0.3, -0.25) is 4.68 Å². The van der Waals surface area contributed by atoms with E-state index in [1.165, 1.54) is 18.4 Å². The summed E-state index contributed by atoms with van der Waals surface area (Å²) in [5.41, 5.74) is 8.60. The second-order valence-corrected chi connectivity index (χ2v) is 6.44. The van der Waals surface area contributed by atoms with E-state index in [0.29, 0.717) is 39.1 Å². The van der Waals surface area contributed by atoms with Crippen molar-refractivity contribution >= 4 is 38.9 Å². The lowest BCUT2D eigenvalue weighted by Gasteiger charge is -2.00. The Morgan fingerprint density at radius 3 is 2.96 bits per heavy atom. The summed E-state index contributed by atoms with van der Waals surface area (Å²) in [6.45, 7) is 4.47. The topological polar surface area (TPSA) is 113 Å². The molecule has 4 heterocycles. The zero-order chi connectivity index (χ0) is 17.7. The summed E-state index contributed by atoms with van der Waals surface area (Å²) < 4.78 is 8.17. The van der Waals surface area contributed by atoms with E-state index in [2.05, 4.69) is 20.2 Å². The summed E-state index contributed by atoms with van der Waals surface area (Å²) in [6.07, 6.45) is 3.16. The lowest BCUT2D eigenvalue weighted by atomic mass is 10.2. The van der Waals surface area contributed by atoms with Crippen LogP contribution >= 0.6 is 11.3 Å². The molecule has 25 heavy (non-hydrogen) atoms. The van der Waals surface area contributed by atoms with Crippen LogP contribution in [0.25, 0.3) is 27.4 Å². The Morgan fingerprint density at radius 1 is 1.44 bits per heavy atom. The maximum absolute atomic E-state index is 11.9. The largest absolute Gasteiger partial charge is 0.465 e. The number of methoxy groups -OCH3 is 1. The molecule has 0 fully saturated rings. The van der Waals surface area contributed by atoms with E-state index in [0.717, 1.165) is 10.9 Å². The number of ether oxygens (including phenoxy) is 1. The van der Waals surface area contributed by atoms with Crippen molar-refractivity contribution in [3.8, 4) is 11.5 Å². The fourth-order valence-corrected chi connectivity index (χ4v) is 3.87. The van der Waals surface area contributed by atoms with Crippen molar-refractivity contribution in [3.05, 3.63) is 23.0 Å². The van der Waals surface area contributed by atoms with Gasteiger partial charge in [-0.1, -0.05) is 0 Å². The quantitative estimate of drug-likeness (QED) is 0.557. The van der Waals surface area contributed by atoms with Crippen LogP contribution in [0.3, 0.4) is 0 Å². The number of nitrogens with zero attached hydrogens (tertiary/aromatic N) is 6. The van der Waals surface area contributed by atoms with E-state index in [9.17, 15) is 4.79 Å². The number of carbonyl (C=O) groups is 1. The van der Waals surface area contributed by atoms with Crippen LogP contribution in [0.1, 0.15) is 22.2 Å². The Labute approximate surface area is 146 Å². The summed E-state index contributed by atoms with van der Waals surface area (Å²) in [5, 5.41) is 9.49. The number of thiophene rings is 1. The predicted molar refractivity (Wildman–Crippen MR) is 93.5 cm³/mol. The van der Waals surface area contributed by atoms with Crippen LogP contribution in [-0.4, -0.2) is 42.4 Å². The molecule has 0 spiro atoms. The molecule has 128 valence electrons. The average Bonchev–Trinajstić information content (AvgIpc) is 3.28. The minimum Gasteiger partial charge on any atom is -0.465 e. The highest BCUT2D eigenvalue weighted by atomic mass is 32.1. The third kappa shape index (κ3) is 2.18. The fourth-order valence-electron chi connectivity index (χ4n) is 2.81. The van der Waals surface area contributed by atoms with E-state index in [1.807, 2.05) is 13.8 Å². The number of esters is 1. The maximum atomic E-state index is 11.9. The van der Waals surface area contributed by atoms with Crippen molar-refractivity contribution < 1.29 is 9.53 Å². The highest BCUT2D eigenvalue weighted by molar-refractivity contribution is 7.20. The van der Waals surface area contributed by atoms with Crippen LogP contribution in [0.15, 0.2) is 12.5 Å². The molecule has 0 saturated heterocycles. The van der Waals surface area contributed by atoms with Gasteiger partial charge in [-0.25, -0.2) is 19.3 Å². The smallest absolute Gasteiger partial charge is 0.348 e. The van der Waals surface area contributed by atoms with Crippen LogP contribution in [-0.2, 0) is 11.3 Å². The minimum absolute atomic E-state index is 0.383. The van der Waals surface area contributed by atoms with Crippen LogP contribution in [0, 0.1) is 6.92 Å². The van der Waals surface area contributed by atoms with Gasteiger partial charge in [0.1, 0.15) is 21.7 Å². The first-order chi connectivity index (χ1) is 12.0. The van der Waals surface area contributed by atoms with Gasteiger partial charge in [-0.05, 0) is 19.4 Å². The first-order valence-corrected chi connectivity index (χ1v) is 8.41. The molecular weight excluding hydrogens is 342 g/mol. The number of carbonyl (C=O) groups excluding carboxylic acids is 1. The van der Waals surface area contributed by atoms with Gasteiger partial charge in [-0.15, -0.1) is 16.4 Å². The molecule has 0 atom stereocenters. The number of fused-ring (bicyclic) bond motifs is 3. The van der Waals surface area contributed by atoms with Crippen molar-refractivity contribution in [1.82, 2.24) is 29.4 Å². The van der Waals surface area contributed by atoms with E-state index in [4.69, 9.17) is 10.5 Å². The molecule has 0 saturated carbocycles. The van der Waals surface area contributed by atoms with Gasteiger partial charge < -0.3 is 10.5 Å². The van der Waals surface area contributed by atoms with Gasteiger partial charge in [0.05, 0.1) is 24.4 Å². The van der Waals surface area contributed by atoms with Gasteiger partial charge in [0.25, 0.3) is 0 Å². The Hall–Kier alpha value is -3.01. The van der Waals surface area contributed by atoms with Crippen LogP contribution in [0.5, 0.6) is 0 Å². The van der Waals surface area contributed by atoms with Gasteiger partial charge in [-0.2, -0.15) is 5.10 Å².